The standard InChI is InChI=1S/C47H48ClN3O6Si/c1-30-44(58(3,4)39-21-19-38(56-2)20-22-39)42(26-43(53)50-28-34-13-9-8-12-33(34)24-37(50)29-52)57-47(30)40-25-35(48)16-23-41(40)51(46(47)55)27-31-14-17-36(18-15-31)49-45(54)32-10-6-5-7-11-32/h5-23,25,30,37,42,44,52H,24,26-29H2,1-4H3,(H,49,54)/t30-,37-,42+,44-,47+/m0/s1. The second kappa shape index (κ2) is 15.8. The van der Waals surface area contributed by atoms with Crippen molar-refractivity contribution in [3.63, 3.8) is 0 Å². The summed E-state index contributed by atoms with van der Waals surface area (Å²) in [5.41, 5.74) is 4.12. The fourth-order valence-corrected chi connectivity index (χ4v) is 13.8. The van der Waals surface area contributed by atoms with Gasteiger partial charge in [-0.15, -0.1) is 0 Å². The molecule has 0 bridgehead atoms. The second-order valence-electron chi connectivity index (χ2n) is 16.3. The lowest BCUT2D eigenvalue weighted by atomic mass is 9.82. The van der Waals surface area contributed by atoms with Gasteiger partial charge in [-0.2, -0.15) is 0 Å². The van der Waals surface area contributed by atoms with E-state index in [0.29, 0.717) is 40.5 Å². The number of methoxy groups -OCH3 is 1. The molecule has 3 aliphatic rings. The minimum absolute atomic E-state index is 0.0569. The molecule has 3 amide bonds. The molecule has 1 spiro atoms. The van der Waals surface area contributed by atoms with E-state index in [2.05, 4.69) is 43.5 Å². The van der Waals surface area contributed by atoms with Crippen LogP contribution in [0.25, 0.3) is 0 Å². The number of halogens is 1. The number of carbonyl (C=O) groups excluding carboxylic acids is 3. The van der Waals surface area contributed by atoms with Gasteiger partial charge in [0.1, 0.15) is 5.75 Å². The van der Waals surface area contributed by atoms with E-state index in [9.17, 15) is 14.7 Å². The number of amides is 3. The number of aliphatic hydroxyl groups is 1. The number of ether oxygens (including phenoxy) is 2. The molecule has 11 heteroatoms. The first-order valence-electron chi connectivity index (χ1n) is 19.8. The molecule has 58 heavy (non-hydrogen) atoms. The van der Waals surface area contributed by atoms with Crippen LogP contribution in [0.2, 0.25) is 23.7 Å². The smallest absolute Gasteiger partial charge is 0.264 e. The Hall–Kier alpha value is -5.26. The summed E-state index contributed by atoms with van der Waals surface area (Å²) in [7, 11) is -0.899. The topological polar surface area (TPSA) is 108 Å². The number of carbonyl (C=O) groups is 3. The fourth-order valence-electron chi connectivity index (χ4n) is 9.64. The first kappa shape index (κ1) is 39.6. The summed E-state index contributed by atoms with van der Waals surface area (Å²) in [5, 5.41) is 15.1. The number of fused-ring (bicyclic) bond motifs is 3. The Balaban J connectivity index is 1.13. The highest BCUT2D eigenvalue weighted by molar-refractivity contribution is 6.91. The van der Waals surface area contributed by atoms with E-state index in [1.54, 1.807) is 35.1 Å². The number of nitrogens with one attached hydrogen (secondary N) is 1. The van der Waals surface area contributed by atoms with Gasteiger partial charge in [-0.3, -0.25) is 14.4 Å². The molecule has 2 N–H and O–H groups in total. The van der Waals surface area contributed by atoms with Crippen LogP contribution < -0.4 is 20.1 Å². The summed E-state index contributed by atoms with van der Waals surface area (Å²) in [6.45, 7) is 7.18. The molecular weight excluding hydrogens is 766 g/mol. The average Bonchev–Trinajstić information content (AvgIpc) is 3.66. The summed E-state index contributed by atoms with van der Waals surface area (Å²) in [4.78, 5) is 46.3. The van der Waals surface area contributed by atoms with Crippen LogP contribution in [0.3, 0.4) is 0 Å². The van der Waals surface area contributed by atoms with Crippen LogP contribution in [0, 0.1) is 5.92 Å². The predicted octanol–water partition coefficient (Wildman–Crippen LogP) is 7.70. The first-order valence-corrected chi connectivity index (χ1v) is 23.3. The minimum atomic E-state index is -2.55. The zero-order valence-corrected chi connectivity index (χ0v) is 34.9. The van der Waals surface area contributed by atoms with Gasteiger partial charge in [0.25, 0.3) is 11.8 Å². The Bertz CT molecular complexity index is 2340. The van der Waals surface area contributed by atoms with Crippen LogP contribution in [0.1, 0.15) is 46.0 Å². The predicted molar refractivity (Wildman–Crippen MR) is 229 cm³/mol. The van der Waals surface area contributed by atoms with Gasteiger partial charge in [0.15, 0.2) is 5.60 Å². The lowest BCUT2D eigenvalue weighted by Crippen LogP contribution is -2.52. The number of benzene rings is 5. The molecule has 9 nitrogen and oxygen atoms in total. The molecular formula is C47H48ClN3O6Si. The molecule has 0 saturated carbocycles. The monoisotopic (exact) mass is 813 g/mol. The van der Waals surface area contributed by atoms with Crippen LogP contribution in [0.15, 0.2) is 121 Å². The second-order valence-corrected chi connectivity index (χ2v) is 21.4. The van der Waals surface area contributed by atoms with E-state index in [1.165, 1.54) is 0 Å². The fraction of sp³-hybridized carbons (Fsp3) is 0.298. The van der Waals surface area contributed by atoms with Crippen molar-refractivity contribution in [1.29, 1.82) is 0 Å². The molecule has 1 fully saturated rings. The largest absolute Gasteiger partial charge is 0.497 e. The summed E-state index contributed by atoms with van der Waals surface area (Å²) in [6, 6.07) is 37.9. The third-order valence-electron chi connectivity index (χ3n) is 12.6. The van der Waals surface area contributed by atoms with Gasteiger partial charge in [-0.05, 0) is 83.2 Å². The minimum Gasteiger partial charge on any atom is -0.497 e. The highest BCUT2D eigenvalue weighted by Gasteiger charge is 2.66. The molecule has 8 rings (SSSR count). The quantitative estimate of drug-likeness (QED) is 0.140. The molecule has 5 aromatic carbocycles. The van der Waals surface area contributed by atoms with Gasteiger partial charge < -0.3 is 29.7 Å². The Morgan fingerprint density at radius 2 is 1.62 bits per heavy atom. The van der Waals surface area contributed by atoms with Crippen LogP contribution >= 0.6 is 11.6 Å². The Labute approximate surface area is 345 Å². The van der Waals surface area contributed by atoms with Gasteiger partial charge in [0, 0.05) is 34.3 Å². The van der Waals surface area contributed by atoms with Crippen molar-refractivity contribution in [3.8, 4) is 5.75 Å². The van der Waals surface area contributed by atoms with Crippen molar-refractivity contribution in [2.24, 2.45) is 5.92 Å². The van der Waals surface area contributed by atoms with E-state index in [0.717, 1.165) is 27.6 Å². The number of hydrogen-bond donors (Lipinski definition) is 2. The van der Waals surface area contributed by atoms with Crippen molar-refractivity contribution >= 4 is 54.0 Å². The van der Waals surface area contributed by atoms with Crippen LogP contribution in [0.5, 0.6) is 5.75 Å². The number of hydrogen-bond acceptors (Lipinski definition) is 6. The van der Waals surface area contributed by atoms with Gasteiger partial charge >= 0.3 is 0 Å². The van der Waals surface area contributed by atoms with Crippen molar-refractivity contribution in [2.45, 2.75) is 69.2 Å². The molecule has 0 unspecified atom stereocenters. The lowest BCUT2D eigenvalue weighted by Gasteiger charge is -2.39. The maximum absolute atomic E-state index is 15.3. The Kier molecular flexibility index (Phi) is 10.8. The zero-order valence-electron chi connectivity index (χ0n) is 33.2. The molecule has 298 valence electrons. The summed E-state index contributed by atoms with van der Waals surface area (Å²) in [5.74, 6) is -0.0950. The van der Waals surface area contributed by atoms with E-state index in [4.69, 9.17) is 21.1 Å². The van der Waals surface area contributed by atoms with Crippen molar-refractivity contribution < 1.29 is 29.0 Å². The summed E-state index contributed by atoms with van der Waals surface area (Å²) >= 11 is 6.73. The summed E-state index contributed by atoms with van der Waals surface area (Å²) < 4.78 is 12.8. The van der Waals surface area contributed by atoms with E-state index < -0.39 is 19.8 Å². The number of rotatable bonds is 10. The van der Waals surface area contributed by atoms with E-state index in [1.807, 2.05) is 84.9 Å². The third kappa shape index (κ3) is 7.02. The maximum Gasteiger partial charge on any atom is 0.264 e. The van der Waals surface area contributed by atoms with E-state index >= 15 is 4.79 Å². The molecule has 5 atom stereocenters. The van der Waals surface area contributed by atoms with Gasteiger partial charge in [-0.1, -0.05) is 104 Å². The Morgan fingerprint density at radius 1 is 0.931 bits per heavy atom. The van der Waals surface area contributed by atoms with Crippen molar-refractivity contribution in [1.82, 2.24) is 4.90 Å². The third-order valence-corrected chi connectivity index (χ3v) is 17.2. The number of aliphatic hydroxyl groups excluding tert-OH is 1. The Morgan fingerprint density at radius 3 is 2.31 bits per heavy atom. The first-order chi connectivity index (χ1) is 27.9. The maximum atomic E-state index is 15.3. The van der Waals surface area contributed by atoms with Crippen molar-refractivity contribution in [2.75, 3.05) is 23.9 Å². The molecule has 5 aromatic rings. The SMILES string of the molecule is COc1ccc([Si](C)(C)[C@@H]2[C@@H](CC(=O)N3Cc4ccccc4C[C@H]3CO)O[C@]3(C(=O)N(Cc4ccc(NC(=O)c5ccccc5)cc4)c4ccc(Cl)cc43)[C@H]2C)cc1. The number of nitrogens with zero attached hydrogens (tertiary/aromatic N) is 2. The summed E-state index contributed by atoms with van der Waals surface area (Å²) in [6.07, 6.45) is 0.0203. The molecule has 0 radical (unpaired) electrons. The van der Waals surface area contributed by atoms with E-state index in [-0.39, 0.29) is 54.8 Å². The zero-order chi connectivity index (χ0) is 40.8. The van der Waals surface area contributed by atoms with Crippen molar-refractivity contribution in [3.05, 3.63) is 154 Å². The highest BCUT2D eigenvalue weighted by atomic mass is 35.5. The number of anilines is 2. The lowest BCUT2D eigenvalue weighted by molar-refractivity contribution is -0.151. The van der Waals surface area contributed by atoms with Gasteiger partial charge in [-0.25, -0.2) is 0 Å². The van der Waals surface area contributed by atoms with Gasteiger partial charge in [0.2, 0.25) is 5.91 Å². The van der Waals surface area contributed by atoms with Crippen LogP contribution in [0.4, 0.5) is 11.4 Å². The van der Waals surface area contributed by atoms with Crippen LogP contribution in [-0.2, 0) is 39.4 Å². The molecule has 3 aliphatic heterocycles. The highest BCUT2D eigenvalue weighted by Crippen LogP contribution is 2.60. The van der Waals surface area contributed by atoms with Crippen LogP contribution in [-0.4, -0.2) is 61.7 Å². The normalized spacial score (nSPS) is 22.5. The average molecular weight is 814 g/mol. The molecule has 1 saturated heterocycles. The molecule has 0 aromatic heterocycles. The molecule has 3 heterocycles. The van der Waals surface area contributed by atoms with Gasteiger partial charge in [0.05, 0.1) is 52.6 Å². The molecule has 0 aliphatic carbocycles.